The van der Waals surface area contributed by atoms with Crippen LogP contribution in [0.5, 0.6) is 0 Å². The highest BCUT2D eigenvalue weighted by atomic mass is 35.5. The van der Waals surface area contributed by atoms with Gasteiger partial charge in [0.25, 0.3) is 0 Å². The van der Waals surface area contributed by atoms with Gasteiger partial charge in [-0.2, -0.15) is 5.26 Å². The van der Waals surface area contributed by atoms with Crippen molar-refractivity contribution in [3.63, 3.8) is 0 Å². The summed E-state index contributed by atoms with van der Waals surface area (Å²) < 4.78 is 0. The van der Waals surface area contributed by atoms with Crippen LogP contribution in [0, 0.1) is 11.3 Å². The maximum Gasteiger partial charge on any atom is 0.226 e. The van der Waals surface area contributed by atoms with Crippen LogP contribution < -0.4 is 5.32 Å². The average Bonchev–Trinajstić information content (AvgIpc) is 2.94. The number of amides is 1. The lowest BCUT2D eigenvalue weighted by Gasteiger charge is -2.17. The monoisotopic (exact) mass is 333 g/mol. The lowest BCUT2D eigenvalue weighted by molar-refractivity contribution is -0.116. The Balaban J connectivity index is 1.81. The molecule has 1 heterocycles. The van der Waals surface area contributed by atoms with E-state index in [1.807, 2.05) is 36.2 Å². The largest absolute Gasteiger partial charge is 0.317 e. The number of rotatable bonds is 6. The first kappa shape index (κ1) is 16.5. The number of carbonyl (C=O) groups is 1. The van der Waals surface area contributed by atoms with E-state index in [2.05, 4.69) is 11.4 Å². The molecule has 2 aromatic rings. The molecule has 0 unspecified atom stereocenters. The van der Waals surface area contributed by atoms with Gasteiger partial charge in [-0.3, -0.25) is 4.79 Å². The molecule has 1 amide bonds. The summed E-state index contributed by atoms with van der Waals surface area (Å²) in [5, 5.41) is 14.8. The van der Waals surface area contributed by atoms with E-state index in [0.29, 0.717) is 30.1 Å². The smallest absolute Gasteiger partial charge is 0.226 e. The molecular weight excluding hydrogens is 318 g/mol. The van der Waals surface area contributed by atoms with Gasteiger partial charge in [-0.25, -0.2) is 0 Å². The third-order valence-corrected chi connectivity index (χ3v) is 4.36. The van der Waals surface area contributed by atoms with Crippen LogP contribution in [0.4, 0.5) is 5.00 Å². The molecule has 1 aromatic carbocycles. The van der Waals surface area contributed by atoms with Crippen molar-refractivity contribution in [2.24, 2.45) is 0 Å². The molecule has 114 valence electrons. The Morgan fingerprint density at radius 2 is 2.18 bits per heavy atom. The van der Waals surface area contributed by atoms with Gasteiger partial charge in [-0.1, -0.05) is 29.8 Å². The van der Waals surface area contributed by atoms with Gasteiger partial charge in [0.05, 0.1) is 5.56 Å². The molecule has 0 fully saturated rings. The van der Waals surface area contributed by atoms with Crippen molar-refractivity contribution in [3.05, 3.63) is 51.9 Å². The van der Waals surface area contributed by atoms with Crippen molar-refractivity contribution < 1.29 is 4.79 Å². The fourth-order valence-corrected chi connectivity index (χ4v) is 2.92. The van der Waals surface area contributed by atoms with Gasteiger partial charge in [0.2, 0.25) is 5.91 Å². The van der Waals surface area contributed by atoms with Crippen LogP contribution in [-0.2, 0) is 11.3 Å². The summed E-state index contributed by atoms with van der Waals surface area (Å²) in [5.41, 5.74) is 1.54. The average molecular weight is 334 g/mol. The highest BCUT2D eigenvalue weighted by Crippen LogP contribution is 2.22. The Kier molecular flexibility index (Phi) is 5.96. The zero-order chi connectivity index (χ0) is 15.9. The molecule has 0 saturated carbocycles. The highest BCUT2D eigenvalue weighted by molar-refractivity contribution is 7.14. The van der Waals surface area contributed by atoms with Gasteiger partial charge in [0.1, 0.15) is 11.1 Å². The van der Waals surface area contributed by atoms with Crippen LogP contribution >= 0.6 is 22.9 Å². The topological polar surface area (TPSA) is 56.1 Å². The van der Waals surface area contributed by atoms with Gasteiger partial charge >= 0.3 is 0 Å². The van der Waals surface area contributed by atoms with Crippen molar-refractivity contribution in [2.75, 3.05) is 18.9 Å². The Morgan fingerprint density at radius 1 is 1.41 bits per heavy atom. The molecule has 0 atom stereocenters. The van der Waals surface area contributed by atoms with Gasteiger partial charge in [0, 0.05) is 24.5 Å². The SMILES string of the molecule is CN(CCC(=O)Nc1sccc1C#N)Cc1ccccc1Cl. The van der Waals surface area contributed by atoms with Gasteiger partial charge in [0.15, 0.2) is 0 Å². The Hall–Kier alpha value is -1.87. The zero-order valence-corrected chi connectivity index (χ0v) is 13.7. The van der Waals surface area contributed by atoms with Crippen LogP contribution in [0.3, 0.4) is 0 Å². The molecule has 0 aliphatic heterocycles. The minimum atomic E-state index is -0.0926. The predicted molar refractivity (Wildman–Crippen MR) is 90.1 cm³/mol. The second-order valence-corrected chi connectivity index (χ2v) is 6.23. The molecule has 1 aromatic heterocycles. The first-order chi connectivity index (χ1) is 10.6. The summed E-state index contributed by atoms with van der Waals surface area (Å²) in [7, 11) is 1.95. The Labute approximate surface area is 138 Å². The number of hydrogen-bond donors (Lipinski definition) is 1. The highest BCUT2D eigenvalue weighted by Gasteiger charge is 2.10. The number of nitrogens with zero attached hydrogens (tertiary/aromatic N) is 2. The van der Waals surface area contributed by atoms with Crippen LogP contribution in [0.15, 0.2) is 35.7 Å². The molecule has 0 radical (unpaired) electrons. The van der Waals surface area contributed by atoms with E-state index in [-0.39, 0.29) is 5.91 Å². The number of hydrogen-bond acceptors (Lipinski definition) is 4. The van der Waals surface area contributed by atoms with E-state index in [1.54, 1.807) is 11.4 Å². The Morgan fingerprint density at radius 3 is 2.91 bits per heavy atom. The molecule has 1 N–H and O–H groups in total. The summed E-state index contributed by atoms with van der Waals surface area (Å²) in [6.07, 6.45) is 0.365. The van der Waals surface area contributed by atoms with E-state index in [9.17, 15) is 4.79 Å². The maximum atomic E-state index is 11.9. The van der Waals surface area contributed by atoms with E-state index in [1.165, 1.54) is 11.3 Å². The number of halogens is 1. The molecule has 22 heavy (non-hydrogen) atoms. The van der Waals surface area contributed by atoms with Gasteiger partial charge in [-0.15, -0.1) is 11.3 Å². The standard InChI is InChI=1S/C16H16ClN3OS/c1-20(11-13-4-2-3-5-14(13)17)8-6-15(21)19-16-12(10-18)7-9-22-16/h2-5,7,9H,6,8,11H2,1H3,(H,19,21). The van der Waals surface area contributed by atoms with Crippen LogP contribution in [0.1, 0.15) is 17.5 Å². The summed E-state index contributed by atoms with van der Waals surface area (Å²) in [4.78, 5) is 14.0. The van der Waals surface area contributed by atoms with Crippen LogP contribution in [0.25, 0.3) is 0 Å². The summed E-state index contributed by atoms with van der Waals surface area (Å²) in [6, 6.07) is 11.4. The number of benzene rings is 1. The quantitative estimate of drug-likeness (QED) is 0.876. The van der Waals surface area contributed by atoms with Crippen molar-refractivity contribution >= 4 is 33.8 Å². The molecular formula is C16H16ClN3OS. The van der Waals surface area contributed by atoms with Gasteiger partial charge < -0.3 is 10.2 Å². The molecule has 0 spiro atoms. The first-order valence-electron chi connectivity index (χ1n) is 6.79. The fourth-order valence-electron chi connectivity index (χ4n) is 1.97. The molecule has 0 bridgehead atoms. The van der Waals surface area contributed by atoms with Crippen LogP contribution in [0.2, 0.25) is 5.02 Å². The number of nitrogens with one attached hydrogen (secondary N) is 1. The van der Waals surface area contributed by atoms with E-state index in [0.717, 1.165) is 10.6 Å². The lowest BCUT2D eigenvalue weighted by atomic mass is 10.2. The normalized spacial score (nSPS) is 10.5. The summed E-state index contributed by atoms with van der Waals surface area (Å²) >= 11 is 7.48. The van der Waals surface area contributed by atoms with E-state index >= 15 is 0 Å². The third-order valence-electron chi connectivity index (χ3n) is 3.16. The van der Waals surface area contributed by atoms with Crippen LogP contribution in [-0.4, -0.2) is 24.4 Å². The third kappa shape index (κ3) is 4.57. The number of nitriles is 1. The molecule has 0 aliphatic carbocycles. The summed E-state index contributed by atoms with van der Waals surface area (Å²) in [6.45, 7) is 1.31. The molecule has 6 heteroatoms. The molecule has 0 aliphatic rings. The van der Waals surface area contributed by atoms with Crippen molar-refractivity contribution in [3.8, 4) is 6.07 Å². The number of carbonyl (C=O) groups excluding carboxylic acids is 1. The second-order valence-electron chi connectivity index (χ2n) is 4.90. The van der Waals surface area contributed by atoms with E-state index in [4.69, 9.17) is 16.9 Å². The number of thiophene rings is 1. The van der Waals surface area contributed by atoms with Crippen molar-refractivity contribution in [1.82, 2.24) is 4.90 Å². The minimum absolute atomic E-state index is 0.0926. The van der Waals surface area contributed by atoms with Crippen molar-refractivity contribution in [1.29, 1.82) is 5.26 Å². The molecule has 0 saturated heterocycles. The summed E-state index contributed by atoms with van der Waals surface area (Å²) in [5.74, 6) is -0.0926. The second kappa shape index (κ2) is 7.95. The first-order valence-corrected chi connectivity index (χ1v) is 8.05. The van der Waals surface area contributed by atoms with Crippen molar-refractivity contribution in [2.45, 2.75) is 13.0 Å². The Bertz CT molecular complexity index is 693. The predicted octanol–water partition coefficient (Wildman–Crippen LogP) is 3.73. The zero-order valence-electron chi connectivity index (χ0n) is 12.2. The maximum absolute atomic E-state index is 11.9. The fraction of sp³-hybridized carbons (Fsp3) is 0.250. The van der Waals surface area contributed by atoms with Gasteiger partial charge in [-0.05, 0) is 30.1 Å². The molecule has 4 nitrogen and oxygen atoms in total. The lowest BCUT2D eigenvalue weighted by Crippen LogP contribution is -2.24. The van der Waals surface area contributed by atoms with E-state index < -0.39 is 0 Å². The molecule has 2 rings (SSSR count). The minimum Gasteiger partial charge on any atom is -0.317 e. The number of anilines is 1.